The van der Waals surface area contributed by atoms with Crippen molar-refractivity contribution in [3.8, 4) is 0 Å². The lowest BCUT2D eigenvalue weighted by molar-refractivity contribution is -0.120. The Morgan fingerprint density at radius 2 is 2.64 bits per heavy atom. The first-order chi connectivity index (χ1) is 6.77. The SMILES string of the molecule is Cn1ccnc1CC(=O)C1CCCN1. The van der Waals surface area contributed by atoms with Crippen LogP contribution in [0.5, 0.6) is 0 Å². The van der Waals surface area contributed by atoms with Gasteiger partial charge in [0.25, 0.3) is 0 Å². The Labute approximate surface area is 83.3 Å². The van der Waals surface area contributed by atoms with Gasteiger partial charge in [0.2, 0.25) is 0 Å². The van der Waals surface area contributed by atoms with Crippen LogP contribution in [-0.4, -0.2) is 27.9 Å². The van der Waals surface area contributed by atoms with Crippen LogP contribution in [0.3, 0.4) is 0 Å². The number of aryl methyl sites for hydroxylation is 1. The van der Waals surface area contributed by atoms with E-state index < -0.39 is 0 Å². The predicted octanol–water partition coefficient (Wildman–Crippen LogP) is 0.284. The fourth-order valence-electron chi connectivity index (χ4n) is 1.81. The molecule has 2 rings (SSSR count). The third-order valence-corrected chi connectivity index (χ3v) is 2.70. The van der Waals surface area contributed by atoms with Gasteiger partial charge < -0.3 is 9.88 Å². The lowest BCUT2D eigenvalue weighted by Gasteiger charge is -2.08. The summed E-state index contributed by atoms with van der Waals surface area (Å²) >= 11 is 0. The van der Waals surface area contributed by atoms with Crippen molar-refractivity contribution in [2.24, 2.45) is 7.05 Å². The second-order valence-corrected chi connectivity index (χ2v) is 3.75. The molecule has 0 amide bonds. The average Bonchev–Trinajstić information content (AvgIpc) is 2.77. The first-order valence-electron chi connectivity index (χ1n) is 4.99. The maximum absolute atomic E-state index is 11.7. The molecule has 0 aliphatic carbocycles. The Morgan fingerprint density at radius 1 is 1.79 bits per heavy atom. The molecule has 76 valence electrons. The van der Waals surface area contributed by atoms with Crippen LogP contribution < -0.4 is 5.32 Å². The Bertz CT molecular complexity index is 326. The first kappa shape index (κ1) is 9.40. The monoisotopic (exact) mass is 193 g/mol. The maximum Gasteiger partial charge on any atom is 0.157 e. The number of nitrogens with zero attached hydrogens (tertiary/aromatic N) is 2. The number of ketones is 1. The number of imidazole rings is 1. The van der Waals surface area contributed by atoms with Crippen molar-refractivity contribution in [1.29, 1.82) is 0 Å². The van der Waals surface area contributed by atoms with Gasteiger partial charge in [0.05, 0.1) is 12.5 Å². The van der Waals surface area contributed by atoms with Crippen LogP contribution in [0.15, 0.2) is 12.4 Å². The summed E-state index contributed by atoms with van der Waals surface area (Å²) in [5.41, 5.74) is 0. The van der Waals surface area contributed by atoms with E-state index in [2.05, 4.69) is 10.3 Å². The van der Waals surface area contributed by atoms with Crippen LogP contribution in [0.25, 0.3) is 0 Å². The van der Waals surface area contributed by atoms with Crippen molar-refractivity contribution in [2.75, 3.05) is 6.54 Å². The van der Waals surface area contributed by atoms with Crippen LogP contribution in [-0.2, 0) is 18.3 Å². The van der Waals surface area contributed by atoms with Crippen LogP contribution in [0.1, 0.15) is 18.7 Å². The zero-order valence-corrected chi connectivity index (χ0v) is 8.36. The molecule has 1 unspecified atom stereocenters. The molecule has 4 heteroatoms. The molecule has 0 radical (unpaired) electrons. The van der Waals surface area contributed by atoms with Crippen molar-refractivity contribution < 1.29 is 4.79 Å². The molecule has 1 atom stereocenters. The molecule has 1 N–H and O–H groups in total. The van der Waals surface area contributed by atoms with Gasteiger partial charge in [-0.05, 0) is 19.4 Å². The van der Waals surface area contributed by atoms with E-state index in [4.69, 9.17) is 0 Å². The molecule has 1 aliphatic rings. The van der Waals surface area contributed by atoms with Gasteiger partial charge in [0.1, 0.15) is 5.82 Å². The van der Waals surface area contributed by atoms with E-state index in [9.17, 15) is 4.79 Å². The second-order valence-electron chi connectivity index (χ2n) is 3.75. The second kappa shape index (κ2) is 3.92. The van der Waals surface area contributed by atoms with Crippen molar-refractivity contribution in [2.45, 2.75) is 25.3 Å². The van der Waals surface area contributed by atoms with E-state index >= 15 is 0 Å². The highest BCUT2D eigenvalue weighted by Crippen LogP contribution is 2.08. The summed E-state index contributed by atoms with van der Waals surface area (Å²) in [5, 5.41) is 3.20. The van der Waals surface area contributed by atoms with Gasteiger partial charge in [0.15, 0.2) is 5.78 Å². The summed E-state index contributed by atoms with van der Waals surface area (Å²) < 4.78 is 1.90. The van der Waals surface area contributed by atoms with E-state index in [1.54, 1.807) is 6.20 Å². The zero-order chi connectivity index (χ0) is 9.97. The highest BCUT2D eigenvalue weighted by atomic mass is 16.1. The highest BCUT2D eigenvalue weighted by molar-refractivity contribution is 5.85. The van der Waals surface area contributed by atoms with E-state index in [1.807, 2.05) is 17.8 Å². The average molecular weight is 193 g/mol. The zero-order valence-electron chi connectivity index (χ0n) is 8.36. The largest absolute Gasteiger partial charge is 0.338 e. The van der Waals surface area contributed by atoms with E-state index in [0.717, 1.165) is 25.2 Å². The van der Waals surface area contributed by atoms with Crippen LogP contribution in [0, 0.1) is 0 Å². The van der Waals surface area contributed by atoms with Gasteiger partial charge in [0, 0.05) is 19.4 Å². The molecule has 0 bridgehead atoms. The Hall–Kier alpha value is -1.16. The Kier molecular flexibility index (Phi) is 2.63. The normalized spacial score (nSPS) is 21.4. The number of aromatic nitrogens is 2. The number of rotatable bonds is 3. The van der Waals surface area contributed by atoms with Crippen molar-refractivity contribution in [1.82, 2.24) is 14.9 Å². The quantitative estimate of drug-likeness (QED) is 0.750. The summed E-state index contributed by atoms with van der Waals surface area (Å²) in [6.45, 7) is 0.969. The van der Waals surface area contributed by atoms with Crippen LogP contribution in [0.4, 0.5) is 0 Å². The standard InChI is InChI=1S/C10H15N3O/c1-13-6-5-12-10(13)7-9(14)8-3-2-4-11-8/h5-6,8,11H,2-4,7H2,1H3. The summed E-state index contributed by atoms with van der Waals surface area (Å²) in [4.78, 5) is 15.9. The molecule has 0 aromatic carbocycles. The van der Waals surface area contributed by atoms with Crippen molar-refractivity contribution in [3.05, 3.63) is 18.2 Å². The van der Waals surface area contributed by atoms with Gasteiger partial charge in [-0.3, -0.25) is 4.79 Å². The molecule has 4 nitrogen and oxygen atoms in total. The minimum atomic E-state index is 0.0618. The molecule has 0 spiro atoms. The molecule has 1 fully saturated rings. The third kappa shape index (κ3) is 1.85. The van der Waals surface area contributed by atoms with Gasteiger partial charge in [-0.25, -0.2) is 4.98 Å². The number of nitrogens with one attached hydrogen (secondary N) is 1. The lowest BCUT2D eigenvalue weighted by atomic mass is 10.1. The van der Waals surface area contributed by atoms with Crippen LogP contribution >= 0.6 is 0 Å². The van der Waals surface area contributed by atoms with Crippen molar-refractivity contribution in [3.63, 3.8) is 0 Å². The molecular weight excluding hydrogens is 178 g/mol. The molecule has 1 aromatic rings. The van der Waals surface area contributed by atoms with E-state index in [-0.39, 0.29) is 11.8 Å². The molecule has 0 saturated carbocycles. The first-order valence-corrected chi connectivity index (χ1v) is 4.99. The number of hydrogen-bond donors (Lipinski definition) is 1. The Balaban J connectivity index is 1.97. The molecule has 14 heavy (non-hydrogen) atoms. The molecule has 1 aromatic heterocycles. The lowest BCUT2D eigenvalue weighted by Crippen LogP contribution is -2.32. The summed E-state index contributed by atoms with van der Waals surface area (Å²) in [6.07, 6.45) is 6.12. The van der Waals surface area contributed by atoms with Gasteiger partial charge in [-0.1, -0.05) is 0 Å². The topological polar surface area (TPSA) is 46.9 Å². The number of carbonyl (C=O) groups excluding carboxylic acids is 1. The molecular formula is C10H15N3O. The minimum Gasteiger partial charge on any atom is -0.338 e. The van der Waals surface area contributed by atoms with E-state index in [1.165, 1.54) is 0 Å². The summed E-state index contributed by atoms with van der Waals surface area (Å²) in [6, 6.07) is 0.0618. The highest BCUT2D eigenvalue weighted by Gasteiger charge is 2.22. The molecule has 1 saturated heterocycles. The molecule has 1 aliphatic heterocycles. The summed E-state index contributed by atoms with van der Waals surface area (Å²) in [7, 11) is 1.91. The number of hydrogen-bond acceptors (Lipinski definition) is 3. The van der Waals surface area contributed by atoms with Crippen LogP contribution in [0.2, 0.25) is 0 Å². The smallest absolute Gasteiger partial charge is 0.157 e. The number of carbonyl (C=O) groups is 1. The fraction of sp³-hybridized carbons (Fsp3) is 0.600. The summed E-state index contributed by atoms with van der Waals surface area (Å²) in [5.74, 6) is 1.11. The maximum atomic E-state index is 11.7. The minimum absolute atomic E-state index is 0.0618. The Morgan fingerprint density at radius 3 is 3.21 bits per heavy atom. The van der Waals surface area contributed by atoms with Gasteiger partial charge in [-0.15, -0.1) is 0 Å². The van der Waals surface area contributed by atoms with Crippen molar-refractivity contribution >= 4 is 5.78 Å². The van der Waals surface area contributed by atoms with Gasteiger partial charge in [-0.2, -0.15) is 0 Å². The fourth-order valence-corrected chi connectivity index (χ4v) is 1.81. The number of Topliss-reactive ketones (excluding diaryl/α,β-unsaturated/α-hetero) is 1. The van der Waals surface area contributed by atoms with Gasteiger partial charge >= 0.3 is 0 Å². The molecule has 2 heterocycles. The van der Waals surface area contributed by atoms with E-state index in [0.29, 0.717) is 6.42 Å². The third-order valence-electron chi connectivity index (χ3n) is 2.70. The predicted molar refractivity (Wildman–Crippen MR) is 52.9 cm³/mol.